The van der Waals surface area contributed by atoms with Crippen LogP contribution in [0.2, 0.25) is 0 Å². The third-order valence-corrected chi connectivity index (χ3v) is 6.45. The summed E-state index contributed by atoms with van der Waals surface area (Å²) in [6.45, 7) is 0.761. The van der Waals surface area contributed by atoms with E-state index in [0.717, 1.165) is 65.5 Å². The number of nitrogens with one attached hydrogen (secondary N) is 1. The lowest BCUT2D eigenvalue weighted by Crippen LogP contribution is -2.12. The Balaban J connectivity index is 1.56. The summed E-state index contributed by atoms with van der Waals surface area (Å²) in [5.41, 5.74) is 3.18. The van der Waals surface area contributed by atoms with Gasteiger partial charge in [-0.15, -0.1) is 0 Å². The number of rotatable bonds is 7. The van der Waals surface area contributed by atoms with Crippen molar-refractivity contribution in [2.24, 2.45) is 0 Å². The van der Waals surface area contributed by atoms with E-state index in [1.165, 1.54) is 5.56 Å². The predicted molar refractivity (Wildman–Crippen MR) is 106 cm³/mol. The molecule has 4 rings (SSSR count). The lowest BCUT2D eigenvalue weighted by atomic mass is 9.95. The zero-order chi connectivity index (χ0) is 17.8. The normalized spacial score (nSPS) is 16.6. The Morgan fingerprint density at radius 2 is 2.27 bits per heavy atom. The first kappa shape index (κ1) is 17.6. The standard InChI is InChI=1S/C18H21N5OS2/c1-25-9-3-8-24-14-6-7-19-16-12(14)4-2-5-15(16)26-18-13-10-22-23-17(13)20-11-21-18/h6-7,10-11,15H,2-5,8-9H2,1H3,(H,20,21,22,23). The molecule has 3 aromatic heterocycles. The van der Waals surface area contributed by atoms with Crippen molar-refractivity contribution in [2.45, 2.75) is 36.0 Å². The lowest BCUT2D eigenvalue weighted by molar-refractivity contribution is 0.313. The average Bonchev–Trinajstić information content (AvgIpc) is 3.15. The number of aromatic nitrogens is 5. The molecule has 0 amide bonds. The summed E-state index contributed by atoms with van der Waals surface area (Å²) < 4.78 is 6.06. The second-order valence-electron chi connectivity index (χ2n) is 6.18. The summed E-state index contributed by atoms with van der Waals surface area (Å²) in [4.78, 5) is 13.4. The summed E-state index contributed by atoms with van der Waals surface area (Å²) in [5.74, 6) is 2.12. The van der Waals surface area contributed by atoms with Crippen LogP contribution in [0.15, 0.2) is 29.8 Å². The smallest absolute Gasteiger partial charge is 0.159 e. The van der Waals surface area contributed by atoms with Crippen LogP contribution in [0.3, 0.4) is 0 Å². The predicted octanol–water partition coefficient (Wildman–Crippen LogP) is 4.05. The summed E-state index contributed by atoms with van der Waals surface area (Å²) in [6.07, 6.45) is 11.7. The molecule has 0 fully saturated rings. The van der Waals surface area contributed by atoms with E-state index in [4.69, 9.17) is 9.72 Å². The molecular weight excluding hydrogens is 366 g/mol. The van der Waals surface area contributed by atoms with E-state index in [1.54, 1.807) is 24.3 Å². The molecule has 1 atom stereocenters. The highest BCUT2D eigenvalue weighted by molar-refractivity contribution is 7.99. The molecule has 8 heteroatoms. The van der Waals surface area contributed by atoms with Crippen molar-refractivity contribution >= 4 is 34.6 Å². The highest BCUT2D eigenvalue weighted by Gasteiger charge is 2.26. The van der Waals surface area contributed by atoms with Gasteiger partial charge < -0.3 is 4.74 Å². The van der Waals surface area contributed by atoms with Crippen LogP contribution in [0.5, 0.6) is 5.75 Å². The fourth-order valence-electron chi connectivity index (χ4n) is 3.23. The van der Waals surface area contributed by atoms with Crippen LogP contribution in [0.4, 0.5) is 0 Å². The van der Waals surface area contributed by atoms with Gasteiger partial charge in [0.1, 0.15) is 17.1 Å². The molecule has 0 bridgehead atoms. The van der Waals surface area contributed by atoms with E-state index in [-0.39, 0.29) is 5.25 Å². The van der Waals surface area contributed by atoms with E-state index in [1.807, 2.05) is 24.0 Å². The van der Waals surface area contributed by atoms with Crippen molar-refractivity contribution in [3.8, 4) is 5.75 Å². The highest BCUT2D eigenvalue weighted by Crippen LogP contribution is 2.45. The topological polar surface area (TPSA) is 76.6 Å². The molecule has 6 nitrogen and oxygen atoms in total. The van der Waals surface area contributed by atoms with E-state index in [2.05, 4.69) is 26.4 Å². The molecule has 1 N–H and O–H groups in total. The van der Waals surface area contributed by atoms with Gasteiger partial charge >= 0.3 is 0 Å². The molecule has 0 radical (unpaired) electrons. The van der Waals surface area contributed by atoms with Crippen LogP contribution in [0.1, 0.15) is 35.8 Å². The van der Waals surface area contributed by atoms with Gasteiger partial charge in [0, 0.05) is 11.8 Å². The van der Waals surface area contributed by atoms with Gasteiger partial charge in [0.05, 0.1) is 29.1 Å². The minimum atomic E-state index is 0.279. The fraction of sp³-hybridized carbons (Fsp3) is 0.444. The molecule has 0 spiro atoms. The molecule has 136 valence electrons. The second-order valence-corrected chi connectivity index (χ2v) is 8.35. The number of ether oxygens (including phenoxy) is 1. The molecule has 1 aliphatic carbocycles. The first-order chi connectivity index (χ1) is 12.9. The monoisotopic (exact) mass is 387 g/mol. The van der Waals surface area contributed by atoms with Gasteiger partial charge in [0.15, 0.2) is 5.65 Å². The summed E-state index contributed by atoms with van der Waals surface area (Å²) in [6, 6.07) is 2.00. The van der Waals surface area contributed by atoms with Crippen molar-refractivity contribution in [3.05, 3.63) is 36.0 Å². The van der Waals surface area contributed by atoms with Gasteiger partial charge in [-0.05, 0) is 43.8 Å². The number of thioether (sulfide) groups is 2. The van der Waals surface area contributed by atoms with Crippen molar-refractivity contribution in [1.29, 1.82) is 0 Å². The molecule has 0 aliphatic heterocycles. The van der Waals surface area contributed by atoms with Crippen LogP contribution in [0.25, 0.3) is 11.0 Å². The maximum absolute atomic E-state index is 6.06. The molecule has 0 saturated carbocycles. The highest BCUT2D eigenvalue weighted by atomic mass is 32.2. The van der Waals surface area contributed by atoms with Crippen molar-refractivity contribution in [2.75, 3.05) is 18.6 Å². The summed E-state index contributed by atoms with van der Waals surface area (Å²) in [7, 11) is 0. The Labute approximate surface area is 160 Å². The quantitative estimate of drug-likeness (QED) is 0.484. The number of aromatic amines is 1. The third-order valence-electron chi connectivity index (χ3n) is 4.46. The van der Waals surface area contributed by atoms with Crippen LogP contribution in [-0.4, -0.2) is 43.8 Å². The molecule has 0 saturated heterocycles. The maximum atomic E-state index is 6.06. The van der Waals surface area contributed by atoms with Gasteiger partial charge in [0.2, 0.25) is 0 Å². The van der Waals surface area contributed by atoms with Crippen LogP contribution >= 0.6 is 23.5 Å². The van der Waals surface area contributed by atoms with Crippen molar-refractivity contribution < 1.29 is 4.74 Å². The molecule has 3 aromatic rings. The van der Waals surface area contributed by atoms with Gasteiger partial charge in [-0.2, -0.15) is 16.9 Å². The largest absolute Gasteiger partial charge is 0.493 e. The zero-order valence-electron chi connectivity index (χ0n) is 14.6. The molecule has 3 heterocycles. The summed E-state index contributed by atoms with van der Waals surface area (Å²) >= 11 is 3.60. The second kappa shape index (κ2) is 8.26. The lowest BCUT2D eigenvalue weighted by Gasteiger charge is -2.25. The maximum Gasteiger partial charge on any atom is 0.159 e. The minimum absolute atomic E-state index is 0.279. The molecular formula is C18H21N5OS2. The van der Waals surface area contributed by atoms with Crippen molar-refractivity contribution in [1.82, 2.24) is 25.1 Å². The van der Waals surface area contributed by atoms with E-state index >= 15 is 0 Å². The number of hydrogen-bond acceptors (Lipinski definition) is 7. The Bertz CT molecular complexity index is 885. The van der Waals surface area contributed by atoms with Crippen LogP contribution < -0.4 is 4.74 Å². The number of fused-ring (bicyclic) bond motifs is 2. The minimum Gasteiger partial charge on any atom is -0.493 e. The SMILES string of the molecule is CSCCCOc1ccnc2c1CCCC2Sc1ncnc2[nH]ncc12. The van der Waals surface area contributed by atoms with E-state index in [9.17, 15) is 0 Å². The van der Waals surface area contributed by atoms with Gasteiger partial charge in [-0.3, -0.25) is 10.1 Å². The molecule has 1 aliphatic rings. The Hall–Kier alpha value is -1.80. The Kier molecular flexibility index (Phi) is 5.59. The Morgan fingerprint density at radius 1 is 1.31 bits per heavy atom. The Morgan fingerprint density at radius 3 is 3.19 bits per heavy atom. The third kappa shape index (κ3) is 3.66. The fourth-order valence-corrected chi connectivity index (χ4v) is 4.89. The average molecular weight is 388 g/mol. The van der Waals surface area contributed by atoms with Gasteiger partial charge in [-0.1, -0.05) is 11.8 Å². The number of hydrogen-bond donors (Lipinski definition) is 1. The van der Waals surface area contributed by atoms with Crippen molar-refractivity contribution in [3.63, 3.8) is 0 Å². The first-order valence-electron chi connectivity index (χ1n) is 8.77. The van der Waals surface area contributed by atoms with Crippen LogP contribution in [0, 0.1) is 0 Å². The molecule has 0 aromatic carbocycles. The number of nitrogens with zero attached hydrogens (tertiary/aromatic N) is 4. The number of pyridine rings is 1. The summed E-state index contributed by atoms with van der Waals surface area (Å²) in [5, 5.41) is 9.19. The van der Waals surface area contributed by atoms with Gasteiger partial charge in [0.25, 0.3) is 0 Å². The number of H-pyrrole nitrogens is 1. The van der Waals surface area contributed by atoms with Gasteiger partial charge in [-0.25, -0.2) is 9.97 Å². The van der Waals surface area contributed by atoms with Crippen LogP contribution in [-0.2, 0) is 6.42 Å². The van der Waals surface area contributed by atoms with E-state index in [0.29, 0.717) is 0 Å². The van der Waals surface area contributed by atoms with E-state index < -0.39 is 0 Å². The first-order valence-corrected chi connectivity index (χ1v) is 11.0. The molecule has 26 heavy (non-hydrogen) atoms. The zero-order valence-corrected chi connectivity index (χ0v) is 16.3. The molecule has 1 unspecified atom stereocenters.